The van der Waals surface area contributed by atoms with E-state index in [9.17, 15) is 9.59 Å². The molecule has 1 unspecified atom stereocenters. The lowest BCUT2D eigenvalue weighted by atomic mass is 10.4. The molecule has 1 saturated heterocycles. The highest BCUT2D eigenvalue weighted by atomic mass is 32.1. The third kappa shape index (κ3) is 3.94. The predicted molar refractivity (Wildman–Crippen MR) is 74.3 cm³/mol. The first-order valence-corrected chi connectivity index (χ1v) is 6.87. The maximum absolute atomic E-state index is 11.7. The van der Waals surface area contributed by atoms with E-state index in [2.05, 4.69) is 23.3 Å². The Morgan fingerprint density at radius 3 is 3.14 bits per heavy atom. The molecular weight excluding hydrogens is 300 g/mol. The van der Waals surface area contributed by atoms with Crippen molar-refractivity contribution in [1.82, 2.24) is 9.55 Å². The highest BCUT2D eigenvalue weighted by molar-refractivity contribution is 7.80. The molecule has 1 aromatic heterocycles. The maximum Gasteiger partial charge on any atom is 0.365 e. The summed E-state index contributed by atoms with van der Waals surface area (Å²) in [6, 6.07) is 0.937. The van der Waals surface area contributed by atoms with Gasteiger partial charge in [0.05, 0.1) is 12.4 Å². The second kappa shape index (κ2) is 6.89. The van der Waals surface area contributed by atoms with Crippen LogP contribution in [0.25, 0.3) is 0 Å². The molecule has 10 heteroatoms. The highest BCUT2D eigenvalue weighted by Gasteiger charge is 2.30. The van der Waals surface area contributed by atoms with Gasteiger partial charge in [0.2, 0.25) is 0 Å². The molecule has 0 spiro atoms. The number of anilines is 1. The number of rotatable bonds is 5. The number of nitrogens with two attached hydrogens (primary N) is 1. The molecule has 9 nitrogen and oxygen atoms in total. The second-order valence-corrected chi connectivity index (χ2v) is 4.77. The van der Waals surface area contributed by atoms with Crippen LogP contribution in [0.3, 0.4) is 0 Å². The van der Waals surface area contributed by atoms with Crippen LogP contribution >= 0.6 is 12.6 Å². The summed E-state index contributed by atoms with van der Waals surface area (Å²) in [6.07, 6.45) is 0.102. The molecule has 0 bridgehead atoms. The molecular formula is C11H17N4O5S+. The van der Waals surface area contributed by atoms with E-state index in [1.54, 1.807) is 0 Å². The number of quaternary nitrogens is 1. The number of hydrogen-bond donors (Lipinski definition) is 3. The molecule has 0 aromatic carbocycles. The van der Waals surface area contributed by atoms with Crippen molar-refractivity contribution in [2.45, 2.75) is 18.6 Å². The quantitative estimate of drug-likeness (QED) is 0.414. The van der Waals surface area contributed by atoms with Crippen LogP contribution in [0.5, 0.6) is 0 Å². The first-order valence-electron chi connectivity index (χ1n) is 6.23. The van der Waals surface area contributed by atoms with Gasteiger partial charge in [0.15, 0.2) is 18.6 Å². The fourth-order valence-electron chi connectivity index (χ4n) is 1.66. The fraction of sp³-hybridized carbons (Fsp3) is 0.545. The Morgan fingerprint density at radius 2 is 2.48 bits per heavy atom. The van der Waals surface area contributed by atoms with Gasteiger partial charge >= 0.3 is 11.7 Å². The van der Waals surface area contributed by atoms with Crippen LogP contribution in [0.15, 0.2) is 17.1 Å². The summed E-state index contributed by atoms with van der Waals surface area (Å²) in [5.41, 5.74) is 8.46. The minimum absolute atomic E-state index is 0.0771. The molecule has 0 saturated carbocycles. The smallest absolute Gasteiger partial charge is 0.365 e. The van der Waals surface area contributed by atoms with E-state index in [-0.39, 0.29) is 19.0 Å². The van der Waals surface area contributed by atoms with Gasteiger partial charge in [0.1, 0.15) is 12.4 Å². The largest absolute Gasteiger partial charge is 0.456 e. The SMILES string of the molecule is Nc1ccn([C@H]2CO[C@@H](COC(=O)C([NH3+])CS)O2)c(=O)n1. The highest BCUT2D eigenvalue weighted by Crippen LogP contribution is 2.19. The van der Waals surface area contributed by atoms with Crippen LogP contribution in [0.4, 0.5) is 5.82 Å². The number of nitrogens with zero attached hydrogens (tertiary/aromatic N) is 2. The number of thiol groups is 1. The number of nitrogen functional groups attached to an aromatic ring is 1. The third-order valence-electron chi connectivity index (χ3n) is 2.81. The van der Waals surface area contributed by atoms with Crippen LogP contribution < -0.4 is 17.2 Å². The van der Waals surface area contributed by atoms with Gasteiger partial charge in [-0.1, -0.05) is 0 Å². The van der Waals surface area contributed by atoms with Gasteiger partial charge in [-0.05, 0) is 6.07 Å². The van der Waals surface area contributed by atoms with Crippen LogP contribution in [0.1, 0.15) is 6.23 Å². The van der Waals surface area contributed by atoms with Crippen LogP contribution in [0, 0.1) is 0 Å². The number of carbonyl (C=O) groups excluding carboxylic acids is 1. The monoisotopic (exact) mass is 317 g/mol. The first kappa shape index (κ1) is 15.8. The molecule has 3 atom stereocenters. The normalized spacial score (nSPS) is 23.0. The van der Waals surface area contributed by atoms with E-state index in [1.807, 2.05) is 0 Å². The Bertz CT molecular complexity index is 566. The Hall–Kier alpha value is -1.62. The summed E-state index contributed by atoms with van der Waals surface area (Å²) < 4.78 is 17.0. The van der Waals surface area contributed by atoms with Gasteiger partial charge < -0.3 is 25.7 Å². The zero-order valence-electron chi connectivity index (χ0n) is 11.2. The van der Waals surface area contributed by atoms with Crippen LogP contribution in [0.2, 0.25) is 0 Å². The maximum atomic E-state index is 11.7. The summed E-state index contributed by atoms with van der Waals surface area (Å²) in [4.78, 5) is 26.7. The summed E-state index contributed by atoms with van der Waals surface area (Å²) >= 11 is 3.96. The zero-order chi connectivity index (χ0) is 15.4. The first-order chi connectivity index (χ1) is 10.0. The predicted octanol–water partition coefficient (Wildman–Crippen LogP) is -2.22. The number of carbonyl (C=O) groups is 1. The van der Waals surface area contributed by atoms with Crippen molar-refractivity contribution in [1.29, 1.82) is 0 Å². The summed E-state index contributed by atoms with van der Waals surface area (Å²) in [5.74, 6) is -0.0544. The Balaban J connectivity index is 1.89. The van der Waals surface area contributed by atoms with Gasteiger partial charge in [0.25, 0.3) is 0 Å². The van der Waals surface area contributed by atoms with Crippen molar-refractivity contribution in [3.05, 3.63) is 22.7 Å². The standard InChI is InChI=1S/C11H16N4O5S/c12-6(5-21)10(16)19-4-9-18-3-8(20-9)15-2-1-7(13)14-11(15)17/h1-2,6,8-9,21H,3-5,12H2,(H2,13,14,17)/p+1/t6?,8-,9-/m1/s1. The molecule has 0 radical (unpaired) electrons. The van der Waals surface area contributed by atoms with Crippen LogP contribution in [-0.4, -0.2) is 46.8 Å². The second-order valence-electron chi connectivity index (χ2n) is 4.41. The lowest BCUT2D eigenvalue weighted by molar-refractivity contribution is -0.401. The number of hydrogen-bond acceptors (Lipinski definition) is 8. The molecule has 2 rings (SSSR count). The summed E-state index contributed by atoms with van der Waals surface area (Å²) in [5, 5.41) is 0. The van der Waals surface area contributed by atoms with E-state index in [4.69, 9.17) is 19.9 Å². The molecule has 1 aliphatic rings. The third-order valence-corrected chi connectivity index (χ3v) is 3.25. The van der Waals surface area contributed by atoms with E-state index >= 15 is 0 Å². The van der Waals surface area contributed by atoms with Crippen molar-refractivity contribution in [3.63, 3.8) is 0 Å². The molecule has 2 heterocycles. The Kier molecular flexibility index (Phi) is 5.17. The Labute approximate surface area is 125 Å². The molecule has 1 aliphatic heterocycles. The molecule has 0 aliphatic carbocycles. The molecule has 1 fully saturated rings. The van der Waals surface area contributed by atoms with Gasteiger partial charge in [-0.25, -0.2) is 9.59 Å². The lowest BCUT2D eigenvalue weighted by Gasteiger charge is -2.14. The summed E-state index contributed by atoms with van der Waals surface area (Å²) in [7, 11) is 0. The minimum atomic E-state index is -0.740. The van der Waals surface area contributed by atoms with E-state index < -0.39 is 30.2 Å². The molecule has 1 aromatic rings. The van der Waals surface area contributed by atoms with E-state index in [1.165, 1.54) is 16.8 Å². The van der Waals surface area contributed by atoms with Gasteiger partial charge in [0, 0.05) is 6.20 Å². The fourth-order valence-corrected chi connectivity index (χ4v) is 1.81. The number of aromatic nitrogens is 2. The molecule has 116 valence electrons. The topological polar surface area (TPSA) is 133 Å². The van der Waals surface area contributed by atoms with Crippen molar-refractivity contribution >= 4 is 24.4 Å². The zero-order valence-corrected chi connectivity index (χ0v) is 12.1. The molecule has 21 heavy (non-hydrogen) atoms. The van der Waals surface area contributed by atoms with Gasteiger partial charge in [-0.15, -0.1) is 0 Å². The van der Waals surface area contributed by atoms with Gasteiger partial charge in [-0.2, -0.15) is 17.6 Å². The number of esters is 1. The number of ether oxygens (including phenoxy) is 3. The molecule has 5 N–H and O–H groups in total. The van der Waals surface area contributed by atoms with E-state index in [0.29, 0.717) is 5.75 Å². The lowest BCUT2D eigenvalue weighted by Crippen LogP contribution is -2.66. The van der Waals surface area contributed by atoms with Crippen LogP contribution in [-0.2, 0) is 19.0 Å². The average molecular weight is 317 g/mol. The van der Waals surface area contributed by atoms with Crippen molar-refractivity contribution in [2.75, 3.05) is 24.7 Å². The Morgan fingerprint density at radius 1 is 1.71 bits per heavy atom. The summed E-state index contributed by atoms with van der Waals surface area (Å²) in [6.45, 7) is 0.0698. The van der Waals surface area contributed by atoms with Gasteiger partial charge in [-0.3, -0.25) is 4.57 Å². The minimum Gasteiger partial charge on any atom is -0.456 e. The average Bonchev–Trinajstić information content (AvgIpc) is 2.92. The van der Waals surface area contributed by atoms with Crippen molar-refractivity contribution < 1.29 is 24.7 Å². The van der Waals surface area contributed by atoms with Crippen molar-refractivity contribution in [3.8, 4) is 0 Å². The van der Waals surface area contributed by atoms with Crippen molar-refractivity contribution in [2.24, 2.45) is 0 Å². The van der Waals surface area contributed by atoms with E-state index in [0.717, 1.165) is 0 Å². The molecule has 0 amide bonds.